The normalized spacial score (nSPS) is 11.3. The molecule has 9 heteroatoms. The lowest BCUT2D eigenvalue weighted by Gasteiger charge is -2.14. The van der Waals surface area contributed by atoms with Crippen molar-refractivity contribution in [2.24, 2.45) is 0 Å². The van der Waals surface area contributed by atoms with Crippen molar-refractivity contribution in [3.8, 4) is 5.75 Å². The van der Waals surface area contributed by atoms with E-state index in [9.17, 15) is 18.3 Å². The maximum Gasteiger partial charge on any atom is 0.266 e. The summed E-state index contributed by atoms with van der Waals surface area (Å²) in [7, 11) is -4.14. The highest BCUT2D eigenvalue weighted by molar-refractivity contribution is 7.89. The smallest absolute Gasteiger partial charge is 0.266 e. The summed E-state index contributed by atoms with van der Waals surface area (Å²) in [5.41, 5.74) is 2.92. The van der Waals surface area contributed by atoms with Crippen LogP contribution >= 0.6 is 23.2 Å². The van der Waals surface area contributed by atoms with E-state index in [1.807, 2.05) is 4.83 Å². The summed E-state index contributed by atoms with van der Waals surface area (Å²) in [5.74, 6) is -0.850. The number of carbonyl (C=O) groups is 1. The first-order valence-corrected chi connectivity index (χ1v) is 8.94. The average Bonchev–Trinajstić information content (AvgIpc) is 2.51. The van der Waals surface area contributed by atoms with Crippen molar-refractivity contribution in [2.75, 3.05) is 0 Å². The topological polar surface area (TPSA) is 95.5 Å². The first-order chi connectivity index (χ1) is 11.1. The van der Waals surface area contributed by atoms with Crippen LogP contribution in [0.15, 0.2) is 35.2 Å². The van der Waals surface area contributed by atoms with E-state index in [-0.39, 0.29) is 31.8 Å². The van der Waals surface area contributed by atoms with Crippen LogP contribution in [0.25, 0.3) is 0 Å². The van der Waals surface area contributed by atoms with Crippen LogP contribution in [0.3, 0.4) is 0 Å². The van der Waals surface area contributed by atoms with Gasteiger partial charge in [0.15, 0.2) is 0 Å². The van der Waals surface area contributed by atoms with Crippen LogP contribution in [0.5, 0.6) is 5.75 Å². The number of phenolic OH excluding ortho intramolecular Hbond substituents is 1. The van der Waals surface area contributed by atoms with E-state index in [1.165, 1.54) is 31.2 Å². The van der Waals surface area contributed by atoms with Gasteiger partial charge in [0.05, 0.1) is 5.02 Å². The number of aromatic hydroxyl groups is 1. The van der Waals surface area contributed by atoms with Gasteiger partial charge >= 0.3 is 0 Å². The molecule has 0 spiro atoms. The number of sulfonamides is 1. The van der Waals surface area contributed by atoms with Gasteiger partial charge in [-0.1, -0.05) is 29.3 Å². The molecule has 0 aliphatic rings. The molecule has 0 radical (unpaired) electrons. The molecule has 0 saturated heterocycles. The van der Waals surface area contributed by atoms with Gasteiger partial charge in [0.1, 0.15) is 10.6 Å². The molecule has 1 amide bonds. The Morgan fingerprint density at radius 2 is 1.83 bits per heavy atom. The van der Waals surface area contributed by atoms with Gasteiger partial charge in [-0.05, 0) is 49.2 Å². The van der Waals surface area contributed by atoms with Crippen LogP contribution in [0.2, 0.25) is 10.0 Å². The van der Waals surface area contributed by atoms with Gasteiger partial charge in [-0.2, -0.15) is 0 Å². The first-order valence-electron chi connectivity index (χ1n) is 6.70. The maximum absolute atomic E-state index is 12.5. The van der Waals surface area contributed by atoms with Gasteiger partial charge in [-0.15, -0.1) is 4.83 Å². The summed E-state index contributed by atoms with van der Waals surface area (Å²) in [6, 6.07) is 7.03. The highest BCUT2D eigenvalue weighted by Crippen LogP contribution is 2.33. The summed E-state index contributed by atoms with van der Waals surface area (Å²) >= 11 is 12.1. The lowest BCUT2D eigenvalue weighted by molar-refractivity contribution is 0.0944. The van der Waals surface area contributed by atoms with Crippen molar-refractivity contribution in [2.45, 2.75) is 18.7 Å². The fourth-order valence-electron chi connectivity index (χ4n) is 2.02. The molecule has 0 aliphatic heterocycles. The summed E-state index contributed by atoms with van der Waals surface area (Å²) in [6.07, 6.45) is 0. The quantitative estimate of drug-likeness (QED) is 0.701. The molecule has 3 N–H and O–H groups in total. The Kier molecular flexibility index (Phi) is 5.39. The van der Waals surface area contributed by atoms with Crippen LogP contribution in [-0.2, 0) is 10.0 Å². The molecule has 0 unspecified atom stereocenters. The van der Waals surface area contributed by atoms with Crippen molar-refractivity contribution in [3.63, 3.8) is 0 Å². The van der Waals surface area contributed by atoms with E-state index in [1.54, 1.807) is 13.0 Å². The average molecular weight is 389 g/mol. The molecule has 2 rings (SSSR count). The number of carbonyl (C=O) groups excluding carboxylic acids is 1. The number of rotatable bonds is 4. The summed E-state index contributed by atoms with van der Waals surface area (Å²) < 4.78 is 24.9. The van der Waals surface area contributed by atoms with Gasteiger partial charge in [0.25, 0.3) is 15.9 Å². The van der Waals surface area contributed by atoms with Crippen LogP contribution in [0.1, 0.15) is 21.5 Å². The first kappa shape index (κ1) is 18.5. The fraction of sp³-hybridized carbons (Fsp3) is 0.133. The number of hydrazine groups is 1. The van der Waals surface area contributed by atoms with E-state index in [4.69, 9.17) is 23.2 Å². The predicted molar refractivity (Wildman–Crippen MR) is 91.8 cm³/mol. The number of benzene rings is 2. The van der Waals surface area contributed by atoms with Crippen LogP contribution < -0.4 is 10.3 Å². The molecular weight excluding hydrogens is 375 g/mol. The minimum absolute atomic E-state index is 0.0241. The van der Waals surface area contributed by atoms with E-state index < -0.39 is 15.9 Å². The number of nitrogens with one attached hydrogen (secondary N) is 2. The maximum atomic E-state index is 12.5. The Hall–Kier alpha value is -1.80. The Labute approximate surface area is 149 Å². The molecular formula is C15H14Cl2N2O4S. The van der Waals surface area contributed by atoms with Crippen LogP contribution in [-0.4, -0.2) is 19.4 Å². The lowest BCUT2D eigenvalue weighted by atomic mass is 10.2. The third-order valence-electron chi connectivity index (χ3n) is 3.26. The summed E-state index contributed by atoms with van der Waals surface area (Å²) in [6.45, 7) is 3.14. The van der Waals surface area contributed by atoms with Gasteiger partial charge in [-0.25, -0.2) is 8.42 Å². The van der Waals surface area contributed by atoms with Crippen molar-refractivity contribution in [1.82, 2.24) is 10.3 Å². The van der Waals surface area contributed by atoms with Crippen LogP contribution in [0, 0.1) is 13.8 Å². The van der Waals surface area contributed by atoms with Gasteiger partial charge < -0.3 is 5.11 Å². The lowest BCUT2D eigenvalue weighted by Crippen LogP contribution is -2.41. The largest absolute Gasteiger partial charge is 0.508 e. The van der Waals surface area contributed by atoms with E-state index >= 15 is 0 Å². The Bertz CT molecular complexity index is 888. The number of amides is 1. The Balaban J connectivity index is 2.29. The van der Waals surface area contributed by atoms with Gasteiger partial charge in [0.2, 0.25) is 0 Å². The second kappa shape index (κ2) is 6.98. The molecule has 6 nitrogen and oxygen atoms in total. The minimum Gasteiger partial charge on any atom is -0.508 e. The molecule has 0 fully saturated rings. The number of hydrogen-bond acceptors (Lipinski definition) is 4. The van der Waals surface area contributed by atoms with Crippen molar-refractivity contribution in [1.29, 1.82) is 0 Å². The zero-order valence-corrected chi connectivity index (χ0v) is 15.1. The zero-order valence-electron chi connectivity index (χ0n) is 12.7. The van der Waals surface area contributed by atoms with Crippen LogP contribution in [0.4, 0.5) is 0 Å². The molecule has 2 aromatic carbocycles. The molecule has 0 aliphatic carbocycles. The standard InChI is InChI=1S/C15H14Cl2N2O4S/c1-8-6-12(16)9(2)14(13(8)17)24(22,23)19-18-15(21)10-4-3-5-11(20)7-10/h3-7,19-20H,1-2H3,(H,18,21). The molecule has 0 aromatic heterocycles. The fourth-order valence-corrected chi connectivity index (χ4v) is 4.07. The molecule has 0 atom stereocenters. The Morgan fingerprint density at radius 3 is 2.46 bits per heavy atom. The van der Waals surface area contributed by atoms with Crippen molar-refractivity contribution >= 4 is 39.1 Å². The highest BCUT2D eigenvalue weighted by atomic mass is 35.5. The minimum atomic E-state index is -4.14. The highest BCUT2D eigenvalue weighted by Gasteiger charge is 2.24. The molecule has 0 heterocycles. The number of halogens is 2. The third kappa shape index (κ3) is 3.81. The summed E-state index contributed by atoms with van der Waals surface area (Å²) in [4.78, 5) is 13.7. The third-order valence-corrected chi connectivity index (χ3v) is 5.67. The van der Waals surface area contributed by atoms with Gasteiger partial charge in [0, 0.05) is 10.6 Å². The molecule has 0 bridgehead atoms. The SMILES string of the molecule is Cc1cc(Cl)c(C)c(S(=O)(=O)NNC(=O)c2cccc(O)c2)c1Cl. The van der Waals surface area contributed by atoms with E-state index in [2.05, 4.69) is 5.43 Å². The second-order valence-corrected chi connectivity index (χ2v) is 7.46. The molecule has 2 aromatic rings. The molecule has 24 heavy (non-hydrogen) atoms. The zero-order chi connectivity index (χ0) is 18.1. The van der Waals surface area contributed by atoms with Gasteiger partial charge in [-0.3, -0.25) is 10.2 Å². The summed E-state index contributed by atoms with van der Waals surface area (Å²) in [5, 5.41) is 9.62. The van der Waals surface area contributed by atoms with Crippen molar-refractivity contribution < 1.29 is 18.3 Å². The number of phenols is 1. The van der Waals surface area contributed by atoms with E-state index in [0.29, 0.717) is 5.56 Å². The number of aryl methyl sites for hydroxylation is 1. The van der Waals surface area contributed by atoms with E-state index in [0.717, 1.165) is 0 Å². The van der Waals surface area contributed by atoms with Crippen molar-refractivity contribution in [3.05, 3.63) is 57.1 Å². The molecule has 128 valence electrons. The monoisotopic (exact) mass is 388 g/mol. The Morgan fingerprint density at radius 1 is 1.17 bits per heavy atom. The molecule has 0 saturated carbocycles. The number of hydrogen-bond donors (Lipinski definition) is 3. The predicted octanol–water partition coefficient (Wildman–Crippen LogP) is 2.94. The second-order valence-electron chi connectivity index (χ2n) is 5.05.